The molecule has 220 valence electrons. The molecule has 0 bridgehead atoms. The number of ether oxygens (including phenoxy) is 4. The first-order chi connectivity index (χ1) is 19.6. The van der Waals surface area contributed by atoms with E-state index in [1.54, 1.807) is 43.3 Å². The van der Waals surface area contributed by atoms with Gasteiger partial charge in [-0.1, -0.05) is 70.8 Å². The predicted molar refractivity (Wildman–Crippen MR) is 148 cm³/mol. The zero-order valence-electron chi connectivity index (χ0n) is 22.3. The number of benzene rings is 2. The average Bonchev–Trinajstić information content (AvgIpc) is 3.77. The van der Waals surface area contributed by atoms with Gasteiger partial charge >= 0.3 is 18.6 Å². The van der Waals surface area contributed by atoms with Crippen molar-refractivity contribution in [1.82, 2.24) is 0 Å². The number of nitrogens with zero attached hydrogens (tertiary/aromatic N) is 1. The third kappa shape index (κ3) is 9.75. The fourth-order valence-electron chi connectivity index (χ4n) is 3.80. The van der Waals surface area contributed by atoms with Gasteiger partial charge in [0.05, 0.1) is 17.9 Å². The van der Waals surface area contributed by atoms with Gasteiger partial charge in [0.25, 0.3) is 0 Å². The topological polar surface area (TPSA) is 104 Å². The fraction of sp³-hybridized carbons (Fsp3) is 0.345. The van der Waals surface area contributed by atoms with Crippen LogP contribution in [0.3, 0.4) is 0 Å². The van der Waals surface area contributed by atoms with E-state index in [2.05, 4.69) is 9.89 Å². The maximum Gasteiger partial charge on any atom is 0.387 e. The normalized spacial score (nSPS) is 15.7. The van der Waals surface area contributed by atoms with Gasteiger partial charge in [-0.15, -0.1) is 0 Å². The molecule has 2 atom stereocenters. The standard InChI is InChI=1S/C29H29Cl2F2NO7/c1-3-22(30)21(23(31)15-34-37)14-25(40-28(36)27(39-17(2)35)19-7-5-4-6-8-19)20-11-12-24(41-29(32)33)26(13-20)38-16-18-9-10-18/h3-8,11-13,15,18,25,27,29,37H,9-10,14,16H2,1-2H3/b22-3+,23-21+,34-15+. The second-order valence-corrected chi connectivity index (χ2v) is 9.89. The van der Waals surface area contributed by atoms with Crippen LogP contribution in [-0.2, 0) is 19.1 Å². The van der Waals surface area contributed by atoms with Gasteiger partial charge in [0.2, 0.25) is 6.10 Å². The zero-order chi connectivity index (χ0) is 29.9. The van der Waals surface area contributed by atoms with E-state index in [4.69, 9.17) is 42.6 Å². The van der Waals surface area contributed by atoms with Crippen LogP contribution < -0.4 is 9.47 Å². The van der Waals surface area contributed by atoms with Gasteiger partial charge in [-0.25, -0.2) is 4.79 Å². The summed E-state index contributed by atoms with van der Waals surface area (Å²) in [6.45, 7) is 0.0141. The van der Waals surface area contributed by atoms with E-state index in [-0.39, 0.29) is 33.6 Å². The summed E-state index contributed by atoms with van der Waals surface area (Å²) in [5.41, 5.74) is 0.945. The number of oxime groups is 1. The first-order valence-corrected chi connectivity index (χ1v) is 13.4. The Morgan fingerprint density at radius 2 is 1.78 bits per heavy atom. The minimum Gasteiger partial charge on any atom is -0.489 e. The average molecular weight is 612 g/mol. The molecule has 2 unspecified atom stereocenters. The molecule has 0 saturated heterocycles. The molecule has 8 nitrogen and oxygen atoms in total. The van der Waals surface area contributed by atoms with Gasteiger partial charge in [-0.2, -0.15) is 8.78 Å². The Bertz CT molecular complexity index is 1300. The van der Waals surface area contributed by atoms with Crippen LogP contribution in [0.2, 0.25) is 0 Å². The van der Waals surface area contributed by atoms with Crippen LogP contribution in [0.4, 0.5) is 8.78 Å². The number of allylic oxidation sites excluding steroid dienone is 3. The third-order valence-electron chi connectivity index (χ3n) is 5.98. The van der Waals surface area contributed by atoms with E-state index in [1.165, 1.54) is 18.2 Å². The number of carbonyl (C=O) groups is 2. The highest BCUT2D eigenvalue weighted by molar-refractivity contribution is 6.42. The molecular weight excluding hydrogens is 583 g/mol. The number of carbonyl (C=O) groups excluding carboxylic acids is 2. The molecule has 12 heteroatoms. The van der Waals surface area contributed by atoms with Crippen molar-refractivity contribution in [2.75, 3.05) is 6.61 Å². The minimum atomic E-state index is -3.09. The Balaban J connectivity index is 2.06. The summed E-state index contributed by atoms with van der Waals surface area (Å²) in [5.74, 6) is -1.48. The molecule has 1 N–H and O–H groups in total. The lowest BCUT2D eigenvalue weighted by Gasteiger charge is -2.24. The molecule has 1 aliphatic rings. The van der Waals surface area contributed by atoms with Gasteiger partial charge in [0.1, 0.15) is 6.10 Å². The molecule has 0 aliphatic heterocycles. The Labute approximate surface area is 246 Å². The number of halogens is 4. The maximum absolute atomic E-state index is 13.5. The summed E-state index contributed by atoms with van der Waals surface area (Å²) >= 11 is 12.7. The van der Waals surface area contributed by atoms with Crippen molar-refractivity contribution in [2.24, 2.45) is 11.1 Å². The summed E-state index contributed by atoms with van der Waals surface area (Å²) in [5, 5.41) is 12.1. The molecule has 41 heavy (non-hydrogen) atoms. The van der Waals surface area contributed by atoms with Crippen molar-refractivity contribution < 1.29 is 42.5 Å². The van der Waals surface area contributed by atoms with E-state index in [1.807, 2.05) is 0 Å². The van der Waals surface area contributed by atoms with Crippen LogP contribution >= 0.6 is 23.2 Å². The summed E-state index contributed by atoms with van der Waals surface area (Å²) in [7, 11) is 0. The third-order valence-corrected chi connectivity index (χ3v) is 6.75. The van der Waals surface area contributed by atoms with Crippen molar-refractivity contribution in [2.45, 2.75) is 51.9 Å². The monoisotopic (exact) mass is 611 g/mol. The Hall–Kier alpha value is -3.63. The lowest BCUT2D eigenvalue weighted by atomic mass is 9.99. The fourth-order valence-corrected chi connectivity index (χ4v) is 4.25. The largest absolute Gasteiger partial charge is 0.489 e. The molecule has 2 aromatic carbocycles. The van der Waals surface area contributed by atoms with Crippen molar-refractivity contribution in [3.05, 3.63) is 81.4 Å². The van der Waals surface area contributed by atoms with E-state index in [0.717, 1.165) is 26.0 Å². The lowest BCUT2D eigenvalue weighted by Crippen LogP contribution is -2.23. The van der Waals surface area contributed by atoms with Crippen LogP contribution in [0.1, 0.15) is 56.4 Å². The zero-order valence-corrected chi connectivity index (χ0v) is 23.8. The highest BCUT2D eigenvalue weighted by Gasteiger charge is 2.31. The second-order valence-electron chi connectivity index (χ2n) is 9.08. The number of esters is 2. The molecule has 0 spiro atoms. The highest BCUT2D eigenvalue weighted by atomic mass is 35.5. The second kappa shape index (κ2) is 15.4. The quantitative estimate of drug-likeness (QED) is 0.0777. The molecule has 0 radical (unpaired) electrons. The van der Waals surface area contributed by atoms with Gasteiger partial charge in [0.15, 0.2) is 11.5 Å². The van der Waals surface area contributed by atoms with Crippen LogP contribution in [0, 0.1) is 5.92 Å². The molecular formula is C29H29Cl2F2NO7. The molecule has 0 heterocycles. The van der Waals surface area contributed by atoms with E-state index >= 15 is 0 Å². The Morgan fingerprint density at radius 1 is 1.07 bits per heavy atom. The Morgan fingerprint density at radius 3 is 2.37 bits per heavy atom. The highest BCUT2D eigenvalue weighted by Crippen LogP contribution is 2.39. The number of rotatable bonds is 14. The van der Waals surface area contributed by atoms with Crippen molar-refractivity contribution in [3.63, 3.8) is 0 Å². The summed E-state index contributed by atoms with van der Waals surface area (Å²) in [6.07, 6.45) is 1.74. The maximum atomic E-state index is 13.5. The molecule has 2 aromatic rings. The molecule has 1 fully saturated rings. The molecule has 3 rings (SSSR count). The van der Waals surface area contributed by atoms with E-state index < -0.39 is 30.8 Å². The van der Waals surface area contributed by atoms with Crippen LogP contribution in [0.25, 0.3) is 0 Å². The summed E-state index contributed by atoms with van der Waals surface area (Å²) in [4.78, 5) is 25.3. The summed E-state index contributed by atoms with van der Waals surface area (Å²) in [6, 6.07) is 12.4. The minimum absolute atomic E-state index is 0.0287. The predicted octanol–water partition coefficient (Wildman–Crippen LogP) is 7.45. The summed E-state index contributed by atoms with van der Waals surface area (Å²) < 4.78 is 47.8. The first-order valence-electron chi connectivity index (χ1n) is 12.6. The molecule has 1 aliphatic carbocycles. The molecule has 0 aromatic heterocycles. The van der Waals surface area contributed by atoms with Gasteiger partial charge in [-0.05, 0) is 49.0 Å². The number of hydrogen-bond acceptors (Lipinski definition) is 8. The Kier molecular flexibility index (Phi) is 12.0. The van der Waals surface area contributed by atoms with Gasteiger partial charge in [-0.3, -0.25) is 4.79 Å². The van der Waals surface area contributed by atoms with Crippen molar-refractivity contribution in [1.29, 1.82) is 0 Å². The number of alkyl halides is 2. The lowest BCUT2D eigenvalue weighted by molar-refractivity contribution is -0.171. The van der Waals surface area contributed by atoms with Gasteiger partial charge < -0.3 is 24.2 Å². The van der Waals surface area contributed by atoms with Crippen molar-refractivity contribution >= 4 is 41.4 Å². The first kappa shape index (κ1) is 31.9. The molecule has 1 saturated carbocycles. The smallest absolute Gasteiger partial charge is 0.387 e. The number of hydrogen-bond donors (Lipinski definition) is 1. The SMILES string of the molecule is C\C=C(Cl)/C(CC(OC(=O)C(OC(C)=O)c1ccccc1)c1ccc(OC(F)F)c(OCC2CC2)c1)=C(Cl)\C=N\O. The van der Waals surface area contributed by atoms with E-state index in [9.17, 15) is 18.4 Å². The van der Waals surface area contributed by atoms with Gasteiger partial charge in [0, 0.05) is 23.9 Å². The van der Waals surface area contributed by atoms with Crippen LogP contribution in [0.5, 0.6) is 11.5 Å². The van der Waals surface area contributed by atoms with Crippen molar-refractivity contribution in [3.8, 4) is 11.5 Å². The van der Waals surface area contributed by atoms with E-state index in [0.29, 0.717) is 23.7 Å². The van der Waals surface area contributed by atoms with Crippen LogP contribution in [-0.4, -0.2) is 36.6 Å². The van der Waals surface area contributed by atoms with Crippen LogP contribution in [0.15, 0.2) is 75.4 Å². The molecule has 0 amide bonds.